The highest BCUT2D eigenvalue weighted by atomic mass is 32.2. The molecule has 0 radical (unpaired) electrons. The number of sulfonamides is 1. The summed E-state index contributed by atoms with van der Waals surface area (Å²) >= 11 is 0. The number of hydrogen-bond acceptors (Lipinski definition) is 3. The maximum atomic E-state index is 11.3. The molecule has 1 aliphatic rings. The Kier molecular flexibility index (Phi) is 1.56. The number of carbonyl (C=O) groups is 1. The lowest BCUT2D eigenvalue weighted by Gasteiger charge is -1.93. The molecular weight excluding hydrogens is 190 g/mol. The summed E-state index contributed by atoms with van der Waals surface area (Å²) in [5.74, 6) is 0. The van der Waals surface area contributed by atoms with Crippen LogP contribution in [0.15, 0.2) is 33.6 Å². The third kappa shape index (κ3) is 1.08. The van der Waals surface area contributed by atoms with Crippen molar-refractivity contribution < 1.29 is 13.2 Å². The van der Waals surface area contributed by atoms with E-state index >= 15 is 0 Å². The van der Waals surface area contributed by atoms with Gasteiger partial charge in [0.05, 0.1) is 4.90 Å². The van der Waals surface area contributed by atoms with E-state index in [0.29, 0.717) is 11.8 Å². The lowest BCUT2D eigenvalue weighted by atomic mass is 10.1. The molecule has 0 saturated heterocycles. The number of nitrogens with zero attached hydrogens (tertiary/aromatic N) is 1. The fourth-order valence-corrected chi connectivity index (χ4v) is 2.42. The molecule has 0 unspecified atom stereocenters. The molecule has 0 aromatic heterocycles. The molecule has 0 atom stereocenters. The summed E-state index contributed by atoms with van der Waals surface area (Å²) in [6.07, 6.45) is 0.448. The highest BCUT2D eigenvalue weighted by Gasteiger charge is 2.27. The van der Waals surface area contributed by atoms with Crippen molar-refractivity contribution >= 4 is 22.0 Å². The minimum absolute atomic E-state index is 0.0180. The second-order valence-corrected chi connectivity index (χ2v) is 4.14. The van der Waals surface area contributed by atoms with Gasteiger partial charge in [-0.05, 0) is 6.07 Å². The second-order valence-electron chi connectivity index (χ2n) is 2.57. The lowest BCUT2D eigenvalue weighted by Crippen LogP contribution is -1.97. The second kappa shape index (κ2) is 2.50. The first kappa shape index (κ1) is 8.12. The molecule has 1 aromatic rings. The van der Waals surface area contributed by atoms with Crippen LogP contribution in [0, 0.1) is 0 Å². The van der Waals surface area contributed by atoms with Crippen LogP contribution in [0.25, 0.3) is 0 Å². The third-order valence-electron chi connectivity index (χ3n) is 1.77. The number of benzene rings is 1. The molecule has 0 N–H and O–H groups in total. The van der Waals surface area contributed by atoms with Crippen LogP contribution in [-0.2, 0) is 14.8 Å². The summed E-state index contributed by atoms with van der Waals surface area (Å²) in [5, 5.41) is 0. The van der Waals surface area contributed by atoms with E-state index in [9.17, 15) is 13.2 Å². The Balaban J connectivity index is 2.83. The molecule has 13 heavy (non-hydrogen) atoms. The number of rotatable bonds is 1. The van der Waals surface area contributed by atoms with Gasteiger partial charge in [0, 0.05) is 5.56 Å². The van der Waals surface area contributed by atoms with Gasteiger partial charge in [-0.1, -0.05) is 18.2 Å². The van der Waals surface area contributed by atoms with Crippen LogP contribution in [0.3, 0.4) is 0 Å². The van der Waals surface area contributed by atoms with Crippen molar-refractivity contribution in [3.05, 3.63) is 29.8 Å². The van der Waals surface area contributed by atoms with E-state index in [0.717, 1.165) is 0 Å². The molecule has 4 nitrogen and oxygen atoms in total. The van der Waals surface area contributed by atoms with E-state index < -0.39 is 10.0 Å². The SMILES string of the molecule is O=CC1=NS(=O)(=O)c2ccccc21. The predicted molar refractivity (Wildman–Crippen MR) is 46.2 cm³/mol. The molecule has 0 amide bonds. The van der Waals surface area contributed by atoms with Crippen molar-refractivity contribution in [3.63, 3.8) is 0 Å². The van der Waals surface area contributed by atoms with Gasteiger partial charge in [-0.3, -0.25) is 4.79 Å². The highest BCUT2D eigenvalue weighted by molar-refractivity contribution is 7.90. The van der Waals surface area contributed by atoms with Crippen LogP contribution in [0.1, 0.15) is 5.56 Å². The van der Waals surface area contributed by atoms with Gasteiger partial charge in [0.25, 0.3) is 10.0 Å². The molecule has 2 rings (SSSR count). The first-order valence-corrected chi connectivity index (χ1v) is 4.99. The smallest absolute Gasteiger partial charge is 0.283 e. The Morgan fingerprint density at radius 3 is 2.62 bits per heavy atom. The Bertz CT molecular complexity index is 502. The quantitative estimate of drug-likeness (QED) is 0.608. The summed E-state index contributed by atoms with van der Waals surface area (Å²) in [5.41, 5.74) is 0.369. The first-order chi connectivity index (χ1) is 6.15. The molecule has 0 bridgehead atoms. The summed E-state index contributed by atoms with van der Waals surface area (Å²) in [6, 6.07) is 6.26. The van der Waals surface area contributed by atoms with Gasteiger partial charge < -0.3 is 0 Å². The van der Waals surface area contributed by atoms with Crippen LogP contribution < -0.4 is 0 Å². The standard InChI is InChI=1S/C8H5NO3S/c10-5-7-6-3-1-2-4-8(6)13(11,12)9-7/h1-5H. The minimum Gasteiger partial charge on any atom is -0.296 e. The van der Waals surface area contributed by atoms with Crippen LogP contribution in [0.5, 0.6) is 0 Å². The highest BCUT2D eigenvalue weighted by Crippen LogP contribution is 2.24. The Morgan fingerprint density at radius 1 is 1.23 bits per heavy atom. The molecule has 0 spiro atoms. The molecule has 66 valence electrons. The third-order valence-corrected chi connectivity index (χ3v) is 3.12. The topological polar surface area (TPSA) is 63.6 Å². The zero-order valence-corrected chi connectivity index (χ0v) is 7.28. The molecule has 0 aliphatic carbocycles. The largest absolute Gasteiger partial charge is 0.296 e. The van der Waals surface area contributed by atoms with Crippen molar-refractivity contribution in [3.8, 4) is 0 Å². The van der Waals surface area contributed by atoms with Crippen LogP contribution in [0.4, 0.5) is 0 Å². The van der Waals surface area contributed by atoms with Crippen molar-refractivity contribution in [2.75, 3.05) is 0 Å². The van der Waals surface area contributed by atoms with Crippen molar-refractivity contribution in [1.29, 1.82) is 0 Å². The molecular formula is C8H5NO3S. The van der Waals surface area contributed by atoms with Crippen LogP contribution >= 0.6 is 0 Å². The van der Waals surface area contributed by atoms with Crippen molar-refractivity contribution in [1.82, 2.24) is 0 Å². The average molecular weight is 195 g/mol. The zero-order chi connectivity index (χ0) is 9.47. The van der Waals surface area contributed by atoms with Gasteiger partial charge in [-0.25, -0.2) is 0 Å². The average Bonchev–Trinajstić information content (AvgIpc) is 2.39. The van der Waals surface area contributed by atoms with Gasteiger partial charge in [0.1, 0.15) is 5.71 Å². The van der Waals surface area contributed by atoms with Crippen LogP contribution in [0.2, 0.25) is 0 Å². The summed E-state index contributed by atoms with van der Waals surface area (Å²) in [4.78, 5) is 10.6. The Labute approximate surface area is 75.0 Å². The first-order valence-electron chi connectivity index (χ1n) is 3.55. The normalized spacial score (nSPS) is 17.7. The van der Waals surface area contributed by atoms with Gasteiger partial charge >= 0.3 is 0 Å². The van der Waals surface area contributed by atoms with E-state index in [2.05, 4.69) is 4.40 Å². The fourth-order valence-electron chi connectivity index (χ4n) is 1.22. The van der Waals surface area contributed by atoms with Gasteiger partial charge in [0.2, 0.25) is 0 Å². The van der Waals surface area contributed by atoms with E-state index in [1.54, 1.807) is 18.2 Å². The van der Waals surface area contributed by atoms with Crippen molar-refractivity contribution in [2.24, 2.45) is 4.40 Å². The molecule has 1 aromatic carbocycles. The van der Waals surface area contributed by atoms with Gasteiger partial charge in [0.15, 0.2) is 6.29 Å². The van der Waals surface area contributed by atoms with E-state index in [4.69, 9.17) is 0 Å². The van der Waals surface area contributed by atoms with Gasteiger partial charge in [-0.2, -0.15) is 12.8 Å². The van der Waals surface area contributed by atoms with Gasteiger partial charge in [-0.15, -0.1) is 0 Å². The predicted octanol–water partition coefficient (Wildman–Crippen LogP) is 0.377. The molecule has 5 heteroatoms. The Morgan fingerprint density at radius 2 is 1.92 bits per heavy atom. The number of hydrogen-bond donors (Lipinski definition) is 0. The van der Waals surface area contributed by atoms with E-state index in [1.807, 2.05) is 0 Å². The van der Waals surface area contributed by atoms with E-state index in [-0.39, 0.29) is 10.6 Å². The molecule has 0 saturated carbocycles. The number of carbonyl (C=O) groups excluding carboxylic acids is 1. The summed E-state index contributed by atoms with van der Waals surface area (Å²) < 4.78 is 25.9. The number of aldehydes is 1. The fraction of sp³-hybridized carbons (Fsp3) is 0. The summed E-state index contributed by atoms with van der Waals surface area (Å²) in [6.45, 7) is 0. The number of fused-ring (bicyclic) bond motifs is 1. The maximum absolute atomic E-state index is 11.3. The monoisotopic (exact) mass is 195 g/mol. The zero-order valence-electron chi connectivity index (χ0n) is 6.47. The van der Waals surface area contributed by atoms with Crippen molar-refractivity contribution in [2.45, 2.75) is 4.90 Å². The lowest BCUT2D eigenvalue weighted by molar-refractivity contribution is -0.102. The molecule has 0 fully saturated rings. The Hall–Kier alpha value is -1.49. The summed E-state index contributed by atoms with van der Waals surface area (Å²) in [7, 11) is -3.61. The maximum Gasteiger partial charge on any atom is 0.283 e. The molecule has 1 heterocycles. The van der Waals surface area contributed by atoms with E-state index in [1.165, 1.54) is 6.07 Å². The van der Waals surface area contributed by atoms with Crippen LogP contribution in [-0.4, -0.2) is 20.4 Å². The minimum atomic E-state index is -3.61. The molecule has 1 aliphatic heterocycles.